The highest BCUT2D eigenvalue weighted by atomic mass is 32.2. The molecule has 19 heavy (non-hydrogen) atoms. The van der Waals surface area contributed by atoms with Gasteiger partial charge in [-0.2, -0.15) is 0 Å². The Morgan fingerprint density at radius 2 is 1.58 bits per heavy atom. The van der Waals surface area contributed by atoms with Gasteiger partial charge in [-0.1, -0.05) is 45.4 Å². The summed E-state index contributed by atoms with van der Waals surface area (Å²) in [5.74, 6) is -0.283. The summed E-state index contributed by atoms with van der Waals surface area (Å²) in [6, 6.07) is 0. The SMILES string of the molecule is CCCCCCCCCS(=O)(=O)C(C)CC(=O)OC. The molecular weight excluding hydrogens is 264 g/mol. The van der Waals surface area contributed by atoms with Crippen LogP contribution in [0.25, 0.3) is 0 Å². The molecule has 0 aliphatic carbocycles. The highest BCUT2D eigenvalue weighted by Crippen LogP contribution is 2.12. The van der Waals surface area contributed by atoms with Crippen molar-refractivity contribution in [1.29, 1.82) is 0 Å². The second-order valence-electron chi connectivity index (χ2n) is 5.08. The number of ether oxygens (including phenoxy) is 1. The molecule has 0 aliphatic rings. The van der Waals surface area contributed by atoms with Crippen LogP contribution in [0.1, 0.15) is 65.2 Å². The molecule has 0 bridgehead atoms. The molecule has 1 atom stereocenters. The van der Waals surface area contributed by atoms with Crippen LogP contribution >= 0.6 is 0 Å². The Bertz CT molecular complexity index is 335. The summed E-state index contributed by atoms with van der Waals surface area (Å²) in [7, 11) is -1.89. The smallest absolute Gasteiger partial charge is 0.306 e. The van der Waals surface area contributed by atoms with Crippen LogP contribution in [0.2, 0.25) is 0 Å². The van der Waals surface area contributed by atoms with Crippen LogP contribution in [0.3, 0.4) is 0 Å². The molecule has 114 valence electrons. The van der Waals surface area contributed by atoms with Gasteiger partial charge in [-0.25, -0.2) is 8.42 Å². The van der Waals surface area contributed by atoms with Crippen LogP contribution in [0.5, 0.6) is 0 Å². The van der Waals surface area contributed by atoms with E-state index in [9.17, 15) is 13.2 Å². The molecule has 0 aromatic heterocycles. The molecule has 0 fully saturated rings. The van der Waals surface area contributed by atoms with Crippen LogP contribution in [-0.2, 0) is 19.4 Å². The number of esters is 1. The van der Waals surface area contributed by atoms with Crippen molar-refractivity contribution in [3.05, 3.63) is 0 Å². The summed E-state index contributed by atoms with van der Waals surface area (Å²) in [4.78, 5) is 11.1. The monoisotopic (exact) mass is 292 g/mol. The minimum absolute atomic E-state index is 0.0463. The number of carbonyl (C=O) groups excluding carboxylic acids is 1. The summed E-state index contributed by atoms with van der Waals surface area (Å²) in [6.07, 6.45) is 7.60. The van der Waals surface area contributed by atoms with E-state index in [0.717, 1.165) is 12.8 Å². The summed E-state index contributed by atoms with van der Waals surface area (Å²) in [5, 5.41) is -0.639. The highest BCUT2D eigenvalue weighted by Gasteiger charge is 2.23. The second-order valence-corrected chi connectivity index (χ2v) is 7.62. The van der Waals surface area contributed by atoms with Gasteiger partial charge in [0.25, 0.3) is 0 Å². The van der Waals surface area contributed by atoms with Crippen molar-refractivity contribution in [2.24, 2.45) is 0 Å². The zero-order chi connectivity index (χ0) is 14.7. The minimum Gasteiger partial charge on any atom is -0.469 e. The Morgan fingerprint density at radius 1 is 1.05 bits per heavy atom. The molecule has 0 aromatic rings. The average Bonchev–Trinajstić information content (AvgIpc) is 2.37. The van der Waals surface area contributed by atoms with E-state index < -0.39 is 21.1 Å². The third kappa shape index (κ3) is 9.03. The Labute approximate surface area is 117 Å². The standard InChI is InChI=1S/C14H28O4S/c1-4-5-6-7-8-9-10-11-19(16,17)13(2)12-14(15)18-3/h13H,4-12H2,1-3H3. The Balaban J connectivity index is 3.81. The molecule has 0 saturated heterocycles. The molecule has 0 aliphatic heterocycles. The van der Waals surface area contributed by atoms with E-state index in [2.05, 4.69) is 11.7 Å². The predicted octanol–water partition coefficient (Wildman–Crippen LogP) is 3.10. The Kier molecular flexibility index (Phi) is 9.92. The van der Waals surface area contributed by atoms with E-state index in [1.165, 1.54) is 32.8 Å². The van der Waals surface area contributed by atoms with Crippen molar-refractivity contribution in [3.63, 3.8) is 0 Å². The summed E-state index contributed by atoms with van der Waals surface area (Å²) < 4.78 is 28.3. The number of carbonyl (C=O) groups is 1. The van der Waals surface area contributed by atoms with Crippen LogP contribution in [-0.4, -0.2) is 32.5 Å². The maximum Gasteiger partial charge on any atom is 0.306 e. The Morgan fingerprint density at radius 3 is 2.11 bits per heavy atom. The summed E-state index contributed by atoms with van der Waals surface area (Å²) in [5.41, 5.74) is 0. The van der Waals surface area contributed by atoms with Gasteiger partial charge >= 0.3 is 5.97 Å². The van der Waals surface area contributed by atoms with Gasteiger partial charge in [0, 0.05) is 0 Å². The molecule has 5 heteroatoms. The van der Waals surface area contributed by atoms with Gasteiger partial charge in [0.1, 0.15) is 0 Å². The van der Waals surface area contributed by atoms with E-state index in [1.54, 1.807) is 6.92 Å². The number of rotatable bonds is 11. The molecule has 0 radical (unpaired) electrons. The van der Waals surface area contributed by atoms with Crippen molar-refractivity contribution >= 4 is 15.8 Å². The third-order valence-corrected chi connectivity index (χ3v) is 5.58. The zero-order valence-electron chi connectivity index (χ0n) is 12.5. The number of methoxy groups -OCH3 is 1. The highest BCUT2D eigenvalue weighted by molar-refractivity contribution is 7.92. The van der Waals surface area contributed by atoms with E-state index in [1.807, 2.05) is 0 Å². The fraction of sp³-hybridized carbons (Fsp3) is 0.929. The first-order chi connectivity index (χ1) is 8.94. The first-order valence-corrected chi connectivity index (χ1v) is 8.94. The fourth-order valence-corrected chi connectivity index (χ4v) is 3.31. The van der Waals surface area contributed by atoms with Crippen LogP contribution in [0.4, 0.5) is 0 Å². The second kappa shape index (κ2) is 10.2. The van der Waals surface area contributed by atoms with Crippen molar-refractivity contribution < 1.29 is 17.9 Å². The largest absolute Gasteiger partial charge is 0.469 e. The van der Waals surface area contributed by atoms with Crippen LogP contribution in [0.15, 0.2) is 0 Å². The molecule has 0 spiro atoms. The van der Waals surface area contributed by atoms with E-state index in [4.69, 9.17) is 0 Å². The van der Waals surface area contributed by atoms with Crippen molar-refractivity contribution in [3.8, 4) is 0 Å². The Hall–Kier alpha value is -0.580. The predicted molar refractivity (Wildman–Crippen MR) is 77.9 cm³/mol. The van der Waals surface area contributed by atoms with Gasteiger partial charge in [-0.3, -0.25) is 4.79 Å². The molecule has 4 nitrogen and oxygen atoms in total. The van der Waals surface area contributed by atoms with Crippen LogP contribution < -0.4 is 0 Å². The molecule has 0 rings (SSSR count). The molecule has 0 heterocycles. The topological polar surface area (TPSA) is 60.4 Å². The molecule has 0 N–H and O–H groups in total. The molecular formula is C14H28O4S. The van der Waals surface area contributed by atoms with Crippen LogP contribution in [0, 0.1) is 0 Å². The number of hydrogen-bond donors (Lipinski definition) is 0. The fourth-order valence-electron chi connectivity index (χ4n) is 1.91. The number of sulfone groups is 1. The van der Waals surface area contributed by atoms with Crippen molar-refractivity contribution in [2.45, 2.75) is 70.5 Å². The maximum absolute atomic E-state index is 11.9. The van der Waals surface area contributed by atoms with Gasteiger partial charge in [0.05, 0.1) is 24.5 Å². The lowest BCUT2D eigenvalue weighted by Gasteiger charge is -2.11. The quantitative estimate of drug-likeness (QED) is 0.433. The molecule has 0 saturated carbocycles. The van der Waals surface area contributed by atoms with Gasteiger partial charge in [0.15, 0.2) is 9.84 Å². The first-order valence-electron chi connectivity index (χ1n) is 7.22. The van der Waals surface area contributed by atoms with Crippen molar-refractivity contribution in [1.82, 2.24) is 0 Å². The average molecular weight is 292 g/mol. The number of hydrogen-bond acceptors (Lipinski definition) is 4. The molecule has 0 aromatic carbocycles. The minimum atomic E-state index is -3.16. The van der Waals surface area contributed by atoms with Gasteiger partial charge in [0.2, 0.25) is 0 Å². The van der Waals surface area contributed by atoms with Gasteiger partial charge in [-0.15, -0.1) is 0 Å². The maximum atomic E-state index is 11.9. The lowest BCUT2D eigenvalue weighted by Crippen LogP contribution is -2.24. The summed E-state index contributed by atoms with van der Waals surface area (Å²) in [6.45, 7) is 3.75. The van der Waals surface area contributed by atoms with E-state index in [0.29, 0.717) is 6.42 Å². The van der Waals surface area contributed by atoms with Gasteiger partial charge in [-0.05, 0) is 13.3 Å². The number of unbranched alkanes of at least 4 members (excludes halogenated alkanes) is 6. The van der Waals surface area contributed by atoms with E-state index >= 15 is 0 Å². The first kappa shape index (κ1) is 18.4. The molecule has 0 amide bonds. The lowest BCUT2D eigenvalue weighted by atomic mass is 10.1. The molecule has 1 unspecified atom stereocenters. The van der Waals surface area contributed by atoms with Crippen molar-refractivity contribution in [2.75, 3.05) is 12.9 Å². The third-order valence-electron chi connectivity index (χ3n) is 3.33. The lowest BCUT2D eigenvalue weighted by molar-refractivity contribution is -0.140. The summed E-state index contributed by atoms with van der Waals surface area (Å²) >= 11 is 0. The zero-order valence-corrected chi connectivity index (χ0v) is 13.3. The normalized spacial score (nSPS) is 13.2. The van der Waals surface area contributed by atoms with E-state index in [-0.39, 0.29) is 12.2 Å². The van der Waals surface area contributed by atoms with Gasteiger partial charge < -0.3 is 4.74 Å².